The second-order valence-electron chi connectivity index (χ2n) is 5.07. The highest BCUT2D eigenvalue weighted by molar-refractivity contribution is 5.11. The predicted molar refractivity (Wildman–Crippen MR) is 74.1 cm³/mol. The Hall–Kier alpha value is -0.910. The minimum atomic E-state index is 0.195. The van der Waals surface area contributed by atoms with Gasteiger partial charge in [0.05, 0.1) is 18.9 Å². The average Bonchev–Trinajstić information content (AvgIpc) is 3.03. The van der Waals surface area contributed by atoms with Gasteiger partial charge in [0.15, 0.2) is 0 Å². The minimum absolute atomic E-state index is 0.195. The largest absolute Gasteiger partial charge is 0.383 e. The van der Waals surface area contributed by atoms with Crippen molar-refractivity contribution in [3.63, 3.8) is 0 Å². The number of nitrogens with one attached hydrogen (secondary N) is 1. The van der Waals surface area contributed by atoms with E-state index in [-0.39, 0.29) is 6.10 Å². The highest BCUT2D eigenvalue weighted by Crippen LogP contribution is 2.33. The number of nitrogens with zero attached hydrogens (tertiary/aromatic N) is 2. The summed E-state index contributed by atoms with van der Waals surface area (Å²) in [6.07, 6.45) is 6.49. The molecule has 1 aromatic rings. The summed E-state index contributed by atoms with van der Waals surface area (Å²) in [5, 5.41) is 7.82. The summed E-state index contributed by atoms with van der Waals surface area (Å²) < 4.78 is 12.9. The van der Waals surface area contributed by atoms with Gasteiger partial charge in [-0.2, -0.15) is 5.10 Å². The number of hydrogen-bond acceptors (Lipinski definition) is 4. The van der Waals surface area contributed by atoms with E-state index in [1.807, 2.05) is 10.9 Å². The third kappa shape index (κ3) is 4.03. The minimum Gasteiger partial charge on any atom is -0.383 e. The second-order valence-corrected chi connectivity index (χ2v) is 5.07. The van der Waals surface area contributed by atoms with Crippen LogP contribution in [0.2, 0.25) is 0 Å². The Labute approximate surface area is 115 Å². The van der Waals surface area contributed by atoms with Crippen LogP contribution in [-0.2, 0) is 16.0 Å². The lowest BCUT2D eigenvalue weighted by atomic mass is 9.97. The van der Waals surface area contributed by atoms with Crippen molar-refractivity contribution in [3.8, 4) is 0 Å². The molecular formula is C14H25N3O2. The molecule has 0 saturated carbocycles. The van der Waals surface area contributed by atoms with Gasteiger partial charge in [-0.05, 0) is 12.8 Å². The highest BCUT2D eigenvalue weighted by Gasteiger charge is 2.30. The SMILES string of the molecule is CCCn1cc(C2OCCC2CNCCOC)cn1. The summed E-state index contributed by atoms with van der Waals surface area (Å²) in [5.74, 6) is 0.538. The van der Waals surface area contributed by atoms with Crippen molar-refractivity contribution in [1.82, 2.24) is 15.1 Å². The van der Waals surface area contributed by atoms with Crippen molar-refractivity contribution in [1.29, 1.82) is 0 Å². The molecule has 1 fully saturated rings. The Bertz CT molecular complexity index is 367. The average molecular weight is 267 g/mol. The number of hydrogen-bond donors (Lipinski definition) is 1. The summed E-state index contributed by atoms with van der Waals surface area (Å²) in [4.78, 5) is 0. The standard InChI is InChI=1S/C14H25N3O2/c1-3-6-17-11-13(10-16-17)14-12(4-7-19-14)9-15-5-8-18-2/h10-12,14-15H,3-9H2,1-2H3. The Morgan fingerprint density at radius 2 is 2.47 bits per heavy atom. The maximum absolute atomic E-state index is 5.88. The summed E-state index contributed by atoms with van der Waals surface area (Å²) in [6, 6.07) is 0. The van der Waals surface area contributed by atoms with Gasteiger partial charge >= 0.3 is 0 Å². The van der Waals surface area contributed by atoms with E-state index in [9.17, 15) is 0 Å². The molecule has 5 heteroatoms. The van der Waals surface area contributed by atoms with E-state index in [1.165, 1.54) is 5.56 Å². The zero-order valence-electron chi connectivity index (χ0n) is 12.0. The van der Waals surface area contributed by atoms with Gasteiger partial charge in [0.2, 0.25) is 0 Å². The number of aryl methyl sites for hydroxylation is 1. The summed E-state index contributed by atoms with van der Waals surface area (Å²) in [5.41, 5.74) is 1.21. The molecule has 1 aliphatic heterocycles. The molecule has 0 aliphatic carbocycles. The van der Waals surface area contributed by atoms with Crippen molar-refractivity contribution >= 4 is 0 Å². The molecule has 0 spiro atoms. The van der Waals surface area contributed by atoms with Crippen LogP contribution in [0.3, 0.4) is 0 Å². The monoisotopic (exact) mass is 267 g/mol. The van der Waals surface area contributed by atoms with Gasteiger partial charge in [0, 0.05) is 51.0 Å². The van der Waals surface area contributed by atoms with E-state index in [0.717, 1.165) is 45.7 Å². The van der Waals surface area contributed by atoms with Crippen LogP contribution in [0.25, 0.3) is 0 Å². The van der Waals surface area contributed by atoms with Crippen molar-refractivity contribution in [2.45, 2.75) is 32.4 Å². The Kier molecular flexibility index (Phi) is 5.82. The molecule has 5 nitrogen and oxygen atoms in total. The zero-order valence-corrected chi connectivity index (χ0v) is 12.0. The summed E-state index contributed by atoms with van der Waals surface area (Å²) in [6.45, 7) is 6.62. The molecule has 2 rings (SSSR count). The van der Waals surface area contributed by atoms with Crippen LogP contribution in [0.5, 0.6) is 0 Å². The van der Waals surface area contributed by atoms with Crippen molar-refractivity contribution < 1.29 is 9.47 Å². The van der Waals surface area contributed by atoms with Crippen LogP contribution in [0.4, 0.5) is 0 Å². The van der Waals surface area contributed by atoms with Gasteiger partial charge in [-0.25, -0.2) is 0 Å². The molecule has 108 valence electrons. The van der Waals surface area contributed by atoms with E-state index in [0.29, 0.717) is 5.92 Å². The molecule has 1 aliphatic rings. The number of ether oxygens (including phenoxy) is 2. The second kappa shape index (κ2) is 7.62. The lowest BCUT2D eigenvalue weighted by molar-refractivity contribution is 0.0898. The Morgan fingerprint density at radius 1 is 1.58 bits per heavy atom. The number of rotatable bonds is 8. The van der Waals surface area contributed by atoms with E-state index in [1.54, 1.807) is 7.11 Å². The Morgan fingerprint density at radius 3 is 3.26 bits per heavy atom. The summed E-state index contributed by atoms with van der Waals surface area (Å²) in [7, 11) is 1.73. The quantitative estimate of drug-likeness (QED) is 0.727. The van der Waals surface area contributed by atoms with E-state index >= 15 is 0 Å². The zero-order chi connectivity index (χ0) is 13.5. The van der Waals surface area contributed by atoms with Gasteiger partial charge in [-0.1, -0.05) is 6.92 Å². The van der Waals surface area contributed by atoms with Crippen LogP contribution in [0.1, 0.15) is 31.4 Å². The molecule has 0 amide bonds. The Balaban J connectivity index is 1.86. The lowest BCUT2D eigenvalue weighted by Gasteiger charge is -2.17. The first-order chi connectivity index (χ1) is 9.35. The van der Waals surface area contributed by atoms with Gasteiger partial charge in [0.1, 0.15) is 0 Å². The summed E-state index contributed by atoms with van der Waals surface area (Å²) >= 11 is 0. The van der Waals surface area contributed by atoms with E-state index in [4.69, 9.17) is 9.47 Å². The molecule has 1 aromatic heterocycles. The van der Waals surface area contributed by atoms with Crippen molar-refractivity contribution in [2.24, 2.45) is 5.92 Å². The molecule has 0 radical (unpaired) electrons. The first-order valence-electron chi connectivity index (χ1n) is 7.18. The number of aromatic nitrogens is 2. The molecule has 2 heterocycles. The van der Waals surface area contributed by atoms with Gasteiger partial charge in [-0.15, -0.1) is 0 Å². The fraction of sp³-hybridized carbons (Fsp3) is 0.786. The lowest BCUT2D eigenvalue weighted by Crippen LogP contribution is -2.27. The van der Waals surface area contributed by atoms with Crippen LogP contribution in [0.15, 0.2) is 12.4 Å². The number of methoxy groups -OCH3 is 1. The molecule has 2 atom stereocenters. The molecule has 1 saturated heterocycles. The first-order valence-corrected chi connectivity index (χ1v) is 7.18. The fourth-order valence-electron chi connectivity index (χ4n) is 2.55. The highest BCUT2D eigenvalue weighted by atomic mass is 16.5. The molecule has 0 aromatic carbocycles. The van der Waals surface area contributed by atoms with Crippen molar-refractivity contribution in [2.75, 3.05) is 33.4 Å². The van der Waals surface area contributed by atoms with E-state index in [2.05, 4.69) is 23.5 Å². The topological polar surface area (TPSA) is 48.3 Å². The van der Waals surface area contributed by atoms with Crippen molar-refractivity contribution in [3.05, 3.63) is 18.0 Å². The fourth-order valence-corrected chi connectivity index (χ4v) is 2.55. The predicted octanol–water partition coefficient (Wildman–Crippen LogP) is 1.61. The van der Waals surface area contributed by atoms with Gasteiger partial charge in [0.25, 0.3) is 0 Å². The van der Waals surface area contributed by atoms with Gasteiger partial charge in [-0.3, -0.25) is 4.68 Å². The van der Waals surface area contributed by atoms with Crippen LogP contribution >= 0.6 is 0 Å². The first kappa shape index (κ1) is 14.5. The van der Waals surface area contributed by atoms with Crippen LogP contribution in [-0.4, -0.2) is 43.2 Å². The maximum atomic E-state index is 5.88. The molecule has 19 heavy (non-hydrogen) atoms. The molecule has 0 bridgehead atoms. The smallest absolute Gasteiger partial charge is 0.0896 e. The van der Waals surface area contributed by atoms with Crippen LogP contribution < -0.4 is 5.32 Å². The molecule has 1 N–H and O–H groups in total. The molecule has 2 unspecified atom stereocenters. The van der Waals surface area contributed by atoms with Gasteiger partial charge < -0.3 is 14.8 Å². The third-order valence-electron chi connectivity index (χ3n) is 3.54. The van der Waals surface area contributed by atoms with E-state index < -0.39 is 0 Å². The normalized spacial score (nSPS) is 23.1. The van der Waals surface area contributed by atoms with Crippen LogP contribution in [0, 0.1) is 5.92 Å². The maximum Gasteiger partial charge on any atom is 0.0896 e. The molecular weight excluding hydrogens is 242 g/mol. The third-order valence-corrected chi connectivity index (χ3v) is 3.54.